The van der Waals surface area contributed by atoms with E-state index >= 15 is 0 Å². The molecule has 1 saturated carbocycles. The minimum atomic E-state index is 0.282. The second kappa shape index (κ2) is 3.10. The van der Waals surface area contributed by atoms with Crippen molar-refractivity contribution in [1.29, 1.82) is 0 Å². The van der Waals surface area contributed by atoms with Crippen molar-refractivity contribution in [2.24, 2.45) is 0 Å². The molecule has 16 heavy (non-hydrogen) atoms. The minimum absolute atomic E-state index is 0.282. The fraction of sp³-hybridized carbons (Fsp3) is 0.455. The maximum absolute atomic E-state index is 5.80. The lowest BCUT2D eigenvalue weighted by molar-refractivity contribution is 0.345. The van der Waals surface area contributed by atoms with Crippen LogP contribution in [-0.2, 0) is 0 Å². The summed E-state index contributed by atoms with van der Waals surface area (Å²) in [7, 11) is 2.10. The Kier molecular flexibility index (Phi) is 1.92. The molecule has 2 aliphatic rings. The van der Waals surface area contributed by atoms with Crippen molar-refractivity contribution in [3.63, 3.8) is 0 Å². The second-order valence-electron chi connectivity index (χ2n) is 4.47. The van der Waals surface area contributed by atoms with E-state index in [0.717, 1.165) is 18.2 Å². The summed E-state index contributed by atoms with van der Waals surface area (Å²) in [4.78, 5) is 12.5. The highest BCUT2D eigenvalue weighted by atomic mass is 35.5. The number of likely N-dealkylation sites (N-methyl/N-ethyl adjacent to an activating group) is 1. The Bertz CT molecular complexity index is 455. The Balaban J connectivity index is 1.94. The minimum Gasteiger partial charge on any atom is -0.354 e. The largest absolute Gasteiger partial charge is 0.354 e. The van der Waals surface area contributed by atoms with Gasteiger partial charge in [0.15, 0.2) is 0 Å². The molecular weight excluding hydrogens is 224 g/mol. The smallest absolute Gasteiger partial charge is 0.224 e. The highest BCUT2D eigenvalue weighted by molar-refractivity contribution is 6.28. The third-order valence-corrected chi connectivity index (χ3v) is 3.76. The molecule has 0 amide bonds. The van der Waals surface area contributed by atoms with Gasteiger partial charge in [-0.3, -0.25) is 0 Å². The molecule has 0 radical (unpaired) electrons. The monoisotopic (exact) mass is 236 g/mol. The molecule has 2 heterocycles. The van der Waals surface area contributed by atoms with Crippen LogP contribution < -0.4 is 4.90 Å². The molecule has 84 valence electrons. The van der Waals surface area contributed by atoms with E-state index in [1.807, 2.05) is 6.07 Å². The molecule has 0 aromatic carbocycles. The lowest BCUT2D eigenvalue weighted by Gasteiger charge is -2.20. The van der Waals surface area contributed by atoms with E-state index in [-0.39, 0.29) is 5.28 Å². The van der Waals surface area contributed by atoms with Gasteiger partial charge in [-0.2, -0.15) is 0 Å². The fourth-order valence-corrected chi connectivity index (χ4v) is 2.42. The van der Waals surface area contributed by atoms with Gasteiger partial charge in [0.25, 0.3) is 0 Å². The van der Waals surface area contributed by atoms with E-state index in [9.17, 15) is 0 Å². The lowest BCUT2D eigenvalue weighted by Crippen LogP contribution is -2.27. The molecule has 1 aliphatic heterocycles. The molecule has 2 fully saturated rings. The van der Waals surface area contributed by atoms with Crippen LogP contribution in [0.1, 0.15) is 12.8 Å². The number of hydrogen-bond donors (Lipinski definition) is 0. The van der Waals surface area contributed by atoms with E-state index < -0.39 is 0 Å². The SMILES string of the molecule is C=C1N(c2ccnc(Cl)n2)CC2(CC2)N1C. The number of halogens is 1. The zero-order valence-electron chi connectivity index (χ0n) is 9.15. The van der Waals surface area contributed by atoms with Crippen LogP contribution in [0.5, 0.6) is 0 Å². The summed E-state index contributed by atoms with van der Waals surface area (Å²) >= 11 is 5.80. The molecule has 1 aromatic rings. The van der Waals surface area contributed by atoms with Crippen LogP contribution in [0.25, 0.3) is 0 Å². The molecule has 0 atom stereocenters. The van der Waals surface area contributed by atoms with Crippen LogP contribution in [0.2, 0.25) is 5.28 Å². The van der Waals surface area contributed by atoms with E-state index in [2.05, 4.69) is 33.4 Å². The maximum Gasteiger partial charge on any atom is 0.224 e. The number of rotatable bonds is 1. The van der Waals surface area contributed by atoms with Gasteiger partial charge < -0.3 is 9.80 Å². The van der Waals surface area contributed by atoms with Crippen LogP contribution in [-0.4, -0.2) is 34.0 Å². The summed E-state index contributed by atoms with van der Waals surface area (Å²) in [5.41, 5.74) is 0.300. The summed E-state index contributed by atoms with van der Waals surface area (Å²) < 4.78 is 0. The van der Waals surface area contributed by atoms with Gasteiger partial charge in [0.05, 0.1) is 5.54 Å². The fourth-order valence-electron chi connectivity index (χ4n) is 2.27. The van der Waals surface area contributed by atoms with Crippen molar-refractivity contribution in [1.82, 2.24) is 14.9 Å². The van der Waals surface area contributed by atoms with E-state index in [1.165, 1.54) is 12.8 Å². The predicted molar refractivity (Wildman–Crippen MR) is 63.3 cm³/mol. The third kappa shape index (κ3) is 1.29. The van der Waals surface area contributed by atoms with Gasteiger partial charge in [-0.1, -0.05) is 6.58 Å². The number of anilines is 1. The Morgan fingerprint density at radius 2 is 2.25 bits per heavy atom. The first-order valence-corrected chi connectivity index (χ1v) is 5.69. The lowest BCUT2D eigenvalue weighted by atomic mass is 10.3. The van der Waals surface area contributed by atoms with Crippen LogP contribution >= 0.6 is 11.6 Å². The normalized spacial score (nSPS) is 22.0. The maximum atomic E-state index is 5.80. The molecule has 1 spiro atoms. The van der Waals surface area contributed by atoms with Crippen molar-refractivity contribution in [3.8, 4) is 0 Å². The molecule has 1 aromatic heterocycles. The van der Waals surface area contributed by atoms with E-state index in [4.69, 9.17) is 11.6 Å². The summed E-state index contributed by atoms with van der Waals surface area (Å²) in [6, 6.07) is 1.87. The van der Waals surface area contributed by atoms with Gasteiger partial charge in [-0.15, -0.1) is 0 Å². The molecular formula is C11H13ClN4. The number of hydrogen-bond acceptors (Lipinski definition) is 4. The summed E-state index contributed by atoms with van der Waals surface area (Å²) in [5, 5.41) is 0.282. The van der Waals surface area contributed by atoms with Crippen LogP contribution in [0.15, 0.2) is 24.7 Å². The summed E-state index contributed by atoms with van der Waals surface area (Å²) in [6.07, 6.45) is 4.14. The first-order chi connectivity index (χ1) is 7.62. The predicted octanol–water partition coefficient (Wildman–Crippen LogP) is 1.89. The molecule has 1 aliphatic carbocycles. The van der Waals surface area contributed by atoms with Gasteiger partial charge in [0, 0.05) is 19.8 Å². The average molecular weight is 237 g/mol. The average Bonchev–Trinajstić information content (AvgIpc) is 3.00. The molecule has 0 bridgehead atoms. The summed E-state index contributed by atoms with van der Waals surface area (Å²) in [5.74, 6) is 1.83. The topological polar surface area (TPSA) is 32.3 Å². The first-order valence-electron chi connectivity index (χ1n) is 5.31. The second-order valence-corrected chi connectivity index (χ2v) is 4.81. The Labute approximate surface area is 99.5 Å². The zero-order chi connectivity index (χ0) is 11.3. The van der Waals surface area contributed by atoms with Crippen molar-refractivity contribution >= 4 is 17.4 Å². The highest BCUT2D eigenvalue weighted by Crippen LogP contribution is 2.49. The van der Waals surface area contributed by atoms with Crippen molar-refractivity contribution in [2.75, 3.05) is 18.5 Å². The number of aromatic nitrogens is 2. The van der Waals surface area contributed by atoms with E-state index in [0.29, 0.717) is 5.54 Å². The van der Waals surface area contributed by atoms with Crippen LogP contribution in [0.3, 0.4) is 0 Å². The standard InChI is InChI=1S/C11H13ClN4/c1-8-15(2)11(4-5-11)7-16(8)9-3-6-13-10(12)14-9/h3,6H,1,4-5,7H2,2H3. The van der Waals surface area contributed by atoms with Crippen molar-refractivity contribution < 1.29 is 0 Å². The van der Waals surface area contributed by atoms with Crippen molar-refractivity contribution in [2.45, 2.75) is 18.4 Å². The molecule has 0 unspecified atom stereocenters. The van der Waals surface area contributed by atoms with Gasteiger partial charge in [0.2, 0.25) is 5.28 Å². The number of nitrogens with zero attached hydrogens (tertiary/aromatic N) is 4. The van der Waals surface area contributed by atoms with Gasteiger partial charge in [-0.05, 0) is 30.5 Å². The van der Waals surface area contributed by atoms with Crippen LogP contribution in [0.4, 0.5) is 5.82 Å². The molecule has 0 N–H and O–H groups in total. The Morgan fingerprint density at radius 1 is 1.50 bits per heavy atom. The Hall–Kier alpha value is -1.29. The molecule has 3 rings (SSSR count). The molecule has 5 heteroatoms. The van der Waals surface area contributed by atoms with Gasteiger partial charge >= 0.3 is 0 Å². The van der Waals surface area contributed by atoms with E-state index in [1.54, 1.807) is 6.20 Å². The molecule has 4 nitrogen and oxygen atoms in total. The van der Waals surface area contributed by atoms with Gasteiger partial charge in [-0.25, -0.2) is 9.97 Å². The van der Waals surface area contributed by atoms with Crippen LogP contribution in [0, 0.1) is 0 Å². The molecule has 1 saturated heterocycles. The quantitative estimate of drug-likeness (QED) is 0.697. The zero-order valence-corrected chi connectivity index (χ0v) is 9.91. The third-order valence-electron chi connectivity index (χ3n) is 3.58. The summed E-state index contributed by atoms with van der Waals surface area (Å²) in [6.45, 7) is 5.06. The highest BCUT2D eigenvalue weighted by Gasteiger charge is 2.54. The first kappa shape index (κ1) is 9.90. The van der Waals surface area contributed by atoms with Gasteiger partial charge in [0.1, 0.15) is 11.6 Å². The Morgan fingerprint density at radius 3 is 2.81 bits per heavy atom. The van der Waals surface area contributed by atoms with Crippen molar-refractivity contribution in [3.05, 3.63) is 29.9 Å².